The van der Waals surface area contributed by atoms with E-state index in [2.05, 4.69) is 26.6 Å². The first-order valence-corrected chi connectivity index (χ1v) is 6.93. The van der Waals surface area contributed by atoms with E-state index in [1.807, 2.05) is 24.3 Å². The van der Waals surface area contributed by atoms with Gasteiger partial charge in [-0.05, 0) is 18.2 Å². The number of ether oxygens (including phenoxy) is 1. The minimum absolute atomic E-state index is 0.0767. The Balaban J connectivity index is 2.01. The number of benzene rings is 1. The Morgan fingerprint density at radius 2 is 2.11 bits per heavy atom. The molecule has 5 nitrogen and oxygen atoms in total. The van der Waals surface area contributed by atoms with E-state index >= 15 is 0 Å². The SMILES string of the molecule is CN(C)C(=O)NCCNCCOc1cccc(Br)c1. The number of nitrogens with one attached hydrogen (secondary N) is 2. The number of hydrogen-bond acceptors (Lipinski definition) is 3. The van der Waals surface area contributed by atoms with Gasteiger partial charge in [0.2, 0.25) is 0 Å². The van der Waals surface area contributed by atoms with E-state index < -0.39 is 0 Å². The minimum Gasteiger partial charge on any atom is -0.492 e. The largest absolute Gasteiger partial charge is 0.492 e. The van der Waals surface area contributed by atoms with Gasteiger partial charge in [0.1, 0.15) is 12.4 Å². The Hall–Kier alpha value is -1.27. The topological polar surface area (TPSA) is 53.6 Å². The van der Waals surface area contributed by atoms with Crippen molar-refractivity contribution in [1.29, 1.82) is 0 Å². The van der Waals surface area contributed by atoms with Gasteiger partial charge in [-0.3, -0.25) is 0 Å². The predicted molar refractivity (Wildman–Crippen MR) is 79.6 cm³/mol. The Labute approximate surface area is 122 Å². The van der Waals surface area contributed by atoms with Crippen LogP contribution < -0.4 is 15.4 Å². The maximum atomic E-state index is 11.2. The van der Waals surface area contributed by atoms with Gasteiger partial charge in [0.05, 0.1) is 0 Å². The number of rotatable bonds is 7. The lowest BCUT2D eigenvalue weighted by atomic mass is 10.3. The summed E-state index contributed by atoms with van der Waals surface area (Å²) >= 11 is 3.39. The summed E-state index contributed by atoms with van der Waals surface area (Å²) in [6.07, 6.45) is 0. The van der Waals surface area contributed by atoms with Crippen molar-refractivity contribution >= 4 is 22.0 Å². The normalized spacial score (nSPS) is 10.1. The van der Waals surface area contributed by atoms with Crippen molar-refractivity contribution in [2.75, 3.05) is 40.3 Å². The fourth-order valence-corrected chi connectivity index (χ4v) is 1.72. The fraction of sp³-hybridized carbons (Fsp3) is 0.462. The van der Waals surface area contributed by atoms with E-state index in [1.54, 1.807) is 14.1 Å². The van der Waals surface area contributed by atoms with Gasteiger partial charge in [-0.25, -0.2) is 4.79 Å². The Morgan fingerprint density at radius 3 is 2.79 bits per heavy atom. The minimum atomic E-state index is -0.0767. The maximum absolute atomic E-state index is 11.2. The molecule has 0 atom stereocenters. The number of halogens is 1. The number of nitrogens with zero attached hydrogens (tertiary/aromatic N) is 1. The van der Waals surface area contributed by atoms with Crippen LogP contribution in [0.1, 0.15) is 0 Å². The quantitative estimate of drug-likeness (QED) is 0.748. The zero-order chi connectivity index (χ0) is 14.1. The summed E-state index contributed by atoms with van der Waals surface area (Å²) in [5, 5.41) is 5.97. The highest BCUT2D eigenvalue weighted by atomic mass is 79.9. The first-order chi connectivity index (χ1) is 9.09. The predicted octanol–water partition coefficient (Wildman–Crippen LogP) is 1.69. The molecule has 19 heavy (non-hydrogen) atoms. The van der Waals surface area contributed by atoms with E-state index in [4.69, 9.17) is 4.74 Å². The molecule has 106 valence electrons. The van der Waals surface area contributed by atoms with Crippen molar-refractivity contribution in [3.05, 3.63) is 28.7 Å². The molecule has 1 rings (SSSR count). The van der Waals surface area contributed by atoms with Gasteiger partial charge in [-0.1, -0.05) is 22.0 Å². The van der Waals surface area contributed by atoms with E-state index in [-0.39, 0.29) is 6.03 Å². The second-order valence-electron chi connectivity index (χ2n) is 4.18. The van der Waals surface area contributed by atoms with Crippen molar-refractivity contribution in [3.8, 4) is 5.75 Å². The van der Waals surface area contributed by atoms with Crippen LogP contribution in [-0.2, 0) is 0 Å². The summed E-state index contributed by atoms with van der Waals surface area (Å²) < 4.78 is 6.57. The second kappa shape index (κ2) is 8.77. The molecule has 1 aromatic rings. The Bertz CT molecular complexity index is 399. The zero-order valence-corrected chi connectivity index (χ0v) is 12.9. The summed E-state index contributed by atoms with van der Waals surface area (Å²) in [4.78, 5) is 12.7. The molecule has 0 aromatic heterocycles. The number of carbonyl (C=O) groups excluding carboxylic acids is 1. The number of amides is 2. The molecule has 2 N–H and O–H groups in total. The van der Waals surface area contributed by atoms with Gasteiger partial charge in [0, 0.05) is 38.2 Å². The molecule has 2 amide bonds. The molecule has 0 aliphatic carbocycles. The van der Waals surface area contributed by atoms with Gasteiger partial charge >= 0.3 is 6.03 Å². The average molecular weight is 330 g/mol. The van der Waals surface area contributed by atoms with Crippen LogP contribution in [0.25, 0.3) is 0 Å². The van der Waals surface area contributed by atoms with E-state index in [9.17, 15) is 4.79 Å². The van der Waals surface area contributed by atoms with Gasteiger partial charge in [0.15, 0.2) is 0 Å². The third-order valence-electron chi connectivity index (χ3n) is 2.33. The van der Waals surface area contributed by atoms with Crippen molar-refractivity contribution < 1.29 is 9.53 Å². The van der Waals surface area contributed by atoms with Gasteiger partial charge in [0.25, 0.3) is 0 Å². The van der Waals surface area contributed by atoms with Crippen molar-refractivity contribution in [1.82, 2.24) is 15.5 Å². The van der Waals surface area contributed by atoms with Crippen LogP contribution in [0.2, 0.25) is 0 Å². The molecular weight excluding hydrogens is 310 g/mol. The zero-order valence-electron chi connectivity index (χ0n) is 11.3. The lowest BCUT2D eigenvalue weighted by Gasteiger charge is -2.12. The Kier molecular flexibility index (Phi) is 7.28. The summed E-state index contributed by atoms with van der Waals surface area (Å²) in [7, 11) is 3.43. The molecule has 0 spiro atoms. The summed E-state index contributed by atoms with van der Waals surface area (Å²) in [5.41, 5.74) is 0. The molecule has 0 unspecified atom stereocenters. The fourth-order valence-electron chi connectivity index (χ4n) is 1.34. The molecule has 0 saturated heterocycles. The molecule has 1 aromatic carbocycles. The van der Waals surface area contributed by atoms with Gasteiger partial charge in [-0.2, -0.15) is 0 Å². The smallest absolute Gasteiger partial charge is 0.316 e. The summed E-state index contributed by atoms with van der Waals surface area (Å²) in [5.74, 6) is 0.845. The number of hydrogen-bond donors (Lipinski definition) is 2. The molecular formula is C13H20BrN3O2. The monoisotopic (exact) mass is 329 g/mol. The van der Waals surface area contributed by atoms with Gasteiger partial charge < -0.3 is 20.3 Å². The van der Waals surface area contributed by atoms with Crippen molar-refractivity contribution in [2.45, 2.75) is 0 Å². The van der Waals surface area contributed by atoms with Crippen LogP contribution in [0.4, 0.5) is 4.79 Å². The molecule has 0 bridgehead atoms. The van der Waals surface area contributed by atoms with Crippen LogP contribution in [0, 0.1) is 0 Å². The maximum Gasteiger partial charge on any atom is 0.316 e. The molecule has 0 fully saturated rings. The lowest BCUT2D eigenvalue weighted by molar-refractivity contribution is 0.217. The Morgan fingerprint density at radius 1 is 1.32 bits per heavy atom. The third kappa shape index (κ3) is 7.03. The molecule has 0 aliphatic rings. The first kappa shape index (κ1) is 15.8. The van der Waals surface area contributed by atoms with E-state index in [0.29, 0.717) is 13.2 Å². The highest BCUT2D eigenvalue weighted by molar-refractivity contribution is 9.10. The number of urea groups is 1. The van der Waals surface area contributed by atoms with Crippen LogP contribution in [0.5, 0.6) is 5.75 Å². The molecule has 0 heterocycles. The summed E-state index contributed by atoms with van der Waals surface area (Å²) in [6, 6.07) is 7.66. The lowest BCUT2D eigenvalue weighted by Crippen LogP contribution is -2.39. The summed E-state index contributed by atoms with van der Waals surface area (Å²) in [6.45, 7) is 2.66. The van der Waals surface area contributed by atoms with Crippen LogP contribution in [-0.4, -0.2) is 51.3 Å². The van der Waals surface area contributed by atoms with Crippen LogP contribution in [0.15, 0.2) is 28.7 Å². The van der Waals surface area contributed by atoms with E-state index in [0.717, 1.165) is 23.3 Å². The van der Waals surface area contributed by atoms with Crippen LogP contribution in [0.3, 0.4) is 0 Å². The molecule has 0 aliphatic heterocycles. The molecule has 0 saturated carbocycles. The highest BCUT2D eigenvalue weighted by Gasteiger charge is 2.00. The molecule has 0 radical (unpaired) electrons. The second-order valence-corrected chi connectivity index (χ2v) is 5.10. The van der Waals surface area contributed by atoms with E-state index in [1.165, 1.54) is 4.90 Å². The van der Waals surface area contributed by atoms with Crippen LogP contribution >= 0.6 is 15.9 Å². The highest BCUT2D eigenvalue weighted by Crippen LogP contribution is 2.17. The third-order valence-corrected chi connectivity index (χ3v) is 2.82. The first-order valence-electron chi connectivity index (χ1n) is 6.14. The molecule has 6 heteroatoms. The van der Waals surface area contributed by atoms with Gasteiger partial charge in [-0.15, -0.1) is 0 Å². The van der Waals surface area contributed by atoms with Crippen molar-refractivity contribution in [2.24, 2.45) is 0 Å². The number of carbonyl (C=O) groups is 1. The average Bonchev–Trinajstić information content (AvgIpc) is 2.37. The van der Waals surface area contributed by atoms with Crippen molar-refractivity contribution in [3.63, 3.8) is 0 Å². The standard InChI is InChI=1S/C13H20BrN3O2/c1-17(2)13(18)16-7-6-15-8-9-19-12-5-3-4-11(14)10-12/h3-5,10,15H,6-9H2,1-2H3,(H,16,18).